The molecule has 3 aromatic rings. The maximum absolute atomic E-state index is 12.9. The van der Waals surface area contributed by atoms with Gasteiger partial charge in [-0.05, 0) is 68.2 Å². The molecule has 6 nitrogen and oxygen atoms in total. The highest BCUT2D eigenvalue weighted by atomic mass is 16.5. The molecule has 1 saturated heterocycles. The van der Waals surface area contributed by atoms with Gasteiger partial charge in [0.25, 0.3) is 0 Å². The third-order valence-corrected chi connectivity index (χ3v) is 8.33. The number of carbonyl (C=O) groups is 1. The van der Waals surface area contributed by atoms with Gasteiger partial charge in [-0.1, -0.05) is 42.8 Å². The number of anilines is 2. The normalized spacial score (nSPS) is 18.5. The Morgan fingerprint density at radius 3 is 2.57 bits per heavy atom. The topological polar surface area (TPSA) is 48.9 Å². The standard InChI is InChI=1S/C31H38N4O2/c36-31(26-10-5-11-26)35-18-7-12-25-15-16-29(32-30(25)35)37-23-4-3-17-33-19-21-34(22-20-33)28-14-6-9-24-8-1-2-13-27(24)28/h1-2,6,8-9,13-16,26H,3-5,7,10-12,17-23H2. The van der Waals surface area contributed by atoms with Crippen LogP contribution in [0, 0.1) is 5.92 Å². The summed E-state index contributed by atoms with van der Waals surface area (Å²) >= 11 is 0. The Morgan fingerprint density at radius 1 is 0.892 bits per heavy atom. The van der Waals surface area contributed by atoms with Crippen LogP contribution in [0.1, 0.15) is 44.1 Å². The van der Waals surface area contributed by atoms with E-state index in [1.54, 1.807) is 0 Å². The Labute approximate surface area is 220 Å². The molecule has 194 valence electrons. The molecule has 0 radical (unpaired) electrons. The van der Waals surface area contributed by atoms with E-state index in [4.69, 9.17) is 9.72 Å². The van der Waals surface area contributed by atoms with Gasteiger partial charge in [-0.25, -0.2) is 0 Å². The highest BCUT2D eigenvalue weighted by molar-refractivity contribution is 5.96. The first-order chi connectivity index (χ1) is 18.3. The largest absolute Gasteiger partial charge is 0.478 e. The highest BCUT2D eigenvalue weighted by Gasteiger charge is 2.33. The second-order valence-electron chi connectivity index (χ2n) is 10.7. The molecule has 3 aliphatic rings. The fraction of sp³-hybridized carbons (Fsp3) is 0.484. The Hall–Kier alpha value is -3.12. The maximum atomic E-state index is 12.9. The average molecular weight is 499 g/mol. The van der Waals surface area contributed by atoms with E-state index in [0.29, 0.717) is 12.5 Å². The van der Waals surface area contributed by atoms with E-state index in [1.807, 2.05) is 11.0 Å². The number of carbonyl (C=O) groups excluding carboxylic acids is 1. The second-order valence-corrected chi connectivity index (χ2v) is 10.7. The summed E-state index contributed by atoms with van der Waals surface area (Å²) in [5, 5.41) is 2.66. The molecule has 37 heavy (non-hydrogen) atoms. The number of hydrogen-bond acceptors (Lipinski definition) is 5. The van der Waals surface area contributed by atoms with Crippen molar-refractivity contribution in [1.82, 2.24) is 9.88 Å². The molecule has 2 aromatic carbocycles. The molecule has 2 fully saturated rings. The third kappa shape index (κ3) is 5.30. The molecular formula is C31H38N4O2. The van der Waals surface area contributed by atoms with Gasteiger partial charge in [-0.15, -0.1) is 0 Å². The number of aryl methyl sites for hydroxylation is 1. The number of pyridine rings is 1. The van der Waals surface area contributed by atoms with Gasteiger partial charge >= 0.3 is 0 Å². The van der Waals surface area contributed by atoms with Crippen molar-refractivity contribution < 1.29 is 9.53 Å². The first-order valence-electron chi connectivity index (χ1n) is 14.2. The van der Waals surface area contributed by atoms with E-state index in [-0.39, 0.29) is 11.8 Å². The van der Waals surface area contributed by atoms with Crippen molar-refractivity contribution in [2.75, 3.05) is 55.7 Å². The summed E-state index contributed by atoms with van der Waals surface area (Å²) in [6, 6.07) is 19.4. The summed E-state index contributed by atoms with van der Waals surface area (Å²) in [5.74, 6) is 1.95. The summed E-state index contributed by atoms with van der Waals surface area (Å²) in [7, 11) is 0. The lowest BCUT2D eigenvalue weighted by atomic mass is 9.84. The van der Waals surface area contributed by atoms with Gasteiger partial charge in [0, 0.05) is 55.8 Å². The Bertz CT molecular complexity index is 1230. The first kappa shape index (κ1) is 24.2. The van der Waals surface area contributed by atoms with Gasteiger partial charge in [0.2, 0.25) is 11.8 Å². The molecule has 6 heteroatoms. The molecule has 1 aliphatic carbocycles. The lowest BCUT2D eigenvalue weighted by Crippen LogP contribution is -2.46. The van der Waals surface area contributed by atoms with Crippen molar-refractivity contribution in [2.24, 2.45) is 5.92 Å². The van der Waals surface area contributed by atoms with E-state index >= 15 is 0 Å². The Kier molecular flexibility index (Phi) is 7.27. The molecule has 1 amide bonds. The SMILES string of the molecule is O=C(C1CCC1)N1CCCc2ccc(OCCCCN3CCN(c4cccc5ccccc45)CC3)nc21. The van der Waals surface area contributed by atoms with Crippen LogP contribution in [0.5, 0.6) is 5.88 Å². The number of amides is 1. The van der Waals surface area contributed by atoms with E-state index in [1.165, 1.54) is 28.4 Å². The van der Waals surface area contributed by atoms with Crippen LogP contribution in [0.15, 0.2) is 54.6 Å². The molecule has 0 atom stereocenters. The van der Waals surface area contributed by atoms with Gasteiger partial charge in [0.05, 0.1) is 6.61 Å². The quantitative estimate of drug-likeness (QED) is 0.395. The predicted molar refractivity (Wildman–Crippen MR) is 150 cm³/mol. The molecule has 1 saturated carbocycles. The van der Waals surface area contributed by atoms with Crippen LogP contribution in [0.4, 0.5) is 11.5 Å². The summed E-state index contributed by atoms with van der Waals surface area (Å²) in [6.45, 7) is 6.89. The average Bonchev–Trinajstić information content (AvgIpc) is 2.91. The van der Waals surface area contributed by atoms with Crippen LogP contribution in [0.2, 0.25) is 0 Å². The minimum atomic E-state index is 0.200. The van der Waals surface area contributed by atoms with E-state index < -0.39 is 0 Å². The zero-order valence-electron chi connectivity index (χ0n) is 21.8. The van der Waals surface area contributed by atoms with E-state index in [2.05, 4.69) is 58.3 Å². The number of aromatic nitrogens is 1. The molecule has 6 rings (SSSR count). The predicted octanol–water partition coefficient (Wildman–Crippen LogP) is 5.30. The fourth-order valence-electron chi connectivity index (χ4n) is 5.90. The van der Waals surface area contributed by atoms with Crippen molar-refractivity contribution in [2.45, 2.75) is 44.9 Å². The van der Waals surface area contributed by atoms with E-state index in [9.17, 15) is 4.79 Å². The van der Waals surface area contributed by atoms with Gasteiger partial charge in [-0.3, -0.25) is 14.6 Å². The third-order valence-electron chi connectivity index (χ3n) is 8.33. The number of ether oxygens (including phenoxy) is 1. The summed E-state index contributed by atoms with van der Waals surface area (Å²) in [4.78, 5) is 24.7. The molecule has 0 unspecified atom stereocenters. The number of benzene rings is 2. The van der Waals surface area contributed by atoms with Gasteiger partial charge in [-0.2, -0.15) is 4.98 Å². The zero-order valence-corrected chi connectivity index (χ0v) is 21.8. The Balaban J connectivity index is 0.952. The summed E-state index contributed by atoms with van der Waals surface area (Å²) in [6.07, 6.45) is 7.36. The number of fused-ring (bicyclic) bond motifs is 2. The van der Waals surface area contributed by atoms with Crippen LogP contribution < -0.4 is 14.5 Å². The molecule has 0 spiro atoms. The molecular weight excluding hydrogens is 460 g/mol. The van der Waals surface area contributed by atoms with Crippen molar-refractivity contribution in [1.29, 1.82) is 0 Å². The number of piperazine rings is 1. The molecule has 0 bridgehead atoms. The number of nitrogens with zero attached hydrogens (tertiary/aromatic N) is 4. The molecule has 1 aromatic heterocycles. The van der Waals surface area contributed by atoms with Crippen molar-refractivity contribution >= 4 is 28.2 Å². The van der Waals surface area contributed by atoms with Crippen LogP contribution in [0.25, 0.3) is 10.8 Å². The zero-order chi connectivity index (χ0) is 25.0. The van der Waals surface area contributed by atoms with Crippen LogP contribution in [-0.2, 0) is 11.2 Å². The second kappa shape index (κ2) is 11.1. The van der Waals surface area contributed by atoms with Crippen molar-refractivity contribution in [3.05, 3.63) is 60.2 Å². The summed E-state index contributed by atoms with van der Waals surface area (Å²) < 4.78 is 6.03. The van der Waals surface area contributed by atoms with Gasteiger partial charge in [0.1, 0.15) is 5.82 Å². The van der Waals surface area contributed by atoms with Crippen LogP contribution in [-0.4, -0.2) is 61.7 Å². The Morgan fingerprint density at radius 2 is 1.73 bits per heavy atom. The maximum Gasteiger partial charge on any atom is 0.231 e. The van der Waals surface area contributed by atoms with Crippen LogP contribution >= 0.6 is 0 Å². The molecule has 0 N–H and O–H groups in total. The number of hydrogen-bond donors (Lipinski definition) is 0. The van der Waals surface area contributed by atoms with Gasteiger partial charge < -0.3 is 9.64 Å². The van der Waals surface area contributed by atoms with Gasteiger partial charge in [0.15, 0.2) is 0 Å². The lowest BCUT2D eigenvalue weighted by Gasteiger charge is -2.36. The van der Waals surface area contributed by atoms with Crippen molar-refractivity contribution in [3.63, 3.8) is 0 Å². The highest BCUT2D eigenvalue weighted by Crippen LogP contribution is 2.34. The summed E-state index contributed by atoms with van der Waals surface area (Å²) in [5.41, 5.74) is 2.53. The first-order valence-corrected chi connectivity index (χ1v) is 14.2. The van der Waals surface area contributed by atoms with E-state index in [0.717, 1.165) is 83.6 Å². The smallest absolute Gasteiger partial charge is 0.231 e. The van der Waals surface area contributed by atoms with Crippen LogP contribution in [0.3, 0.4) is 0 Å². The number of rotatable bonds is 8. The minimum Gasteiger partial charge on any atom is -0.478 e. The molecule has 3 heterocycles. The monoisotopic (exact) mass is 498 g/mol. The fourth-order valence-corrected chi connectivity index (χ4v) is 5.90. The minimum absolute atomic E-state index is 0.200. The van der Waals surface area contributed by atoms with Crippen molar-refractivity contribution in [3.8, 4) is 5.88 Å². The number of unbranched alkanes of at least 4 members (excludes halogenated alkanes) is 1. The lowest BCUT2D eigenvalue weighted by molar-refractivity contribution is -0.124. The molecule has 2 aliphatic heterocycles.